The van der Waals surface area contributed by atoms with Crippen LogP contribution in [0.25, 0.3) is 5.57 Å². The van der Waals surface area contributed by atoms with Crippen LogP contribution in [0.15, 0.2) is 41.4 Å². The number of nitrogens with zero attached hydrogens (tertiary/aromatic N) is 2. The van der Waals surface area contributed by atoms with Crippen molar-refractivity contribution in [2.24, 2.45) is 4.99 Å². The zero-order valence-corrected chi connectivity index (χ0v) is 12.5. The molecule has 1 aliphatic heterocycles. The molecule has 0 aromatic heterocycles. The molecule has 0 saturated heterocycles. The molecule has 0 radical (unpaired) electrons. The molecule has 1 aromatic carbocycles. The molecular weight excluding hydrogens is 291 g/mol. The van der Waals surface area contributed by atoms with Crippen LogP contribution in [0.5, 0.6) is 0 Å². The van der Waals surface area contributed by atoms with Gasteiger partial charge < -0.3 is 10.2 Å². The summed E-state index contributed by atoms with van der Waals surface area (Å²) in [5.74, 6) is 0.521. The Kier molecular flexibility index (Phi) is 5.46. The van der Waals surface area contributed by atoms with Crippen molar-refractivity contribution in [1.29, 1.82) is 0 Å². The van der Waals surface area contributed by atoms with Gasteiger partial charge in [-0.3, -0.25) is 4.99 Å². The van der Waals surface area contributed by atoms with Crippen molar-refractivity contribution in [3.8, 4) is 0 Å². The van der Waals surface area contributed by atoms with Crippen LogP contribution in [0.4, 0.5) is 13.2 Å². The normalized spacial score (nSPS) is 16.5. The lowest BCUT2D eigenvalue weighted by molar-refractivity contribution is -0.132. The Morgan fingerprint density at radius 1 is 1.27 bits per heavy atom. The van der Waals surface area contributed by atoms with Gasteiger partial charge in [-0.1, -0.05) is 36.4 Å². The second-order valence-corrected chi connectivity index (χ2v) is 5.13. The molecule has 1 heterocycles. The minimum absolute atomic E-state index is 0.151. The van der Waals surface area contributed by atoms with Crippen LogP contribution in [0.3, 0.4) is 0 Å². The molecule has 22 heavy (non-hydrogen) atoms. The monoisotopic (exact) mass is 311 g/mol. The lowest BCUT2D eigenvalue weighted by atomic mass is 10.00. The zero-order chi connectivity index (χ0) is 16.0. The summed E-state index contributed by atoms with van der Waals surface area (Å²) in [5, 5.41) is 2.78. The van der Waals surface area contributed by atoms with Crippen molar-refractivity contribution in [2.45, 2.75) is 19.0 Å². The number of benzene rings is 1. The molecule has 3 nitrogen and oxygen atoms in total. The second-order valence-electron chi connectivity index (χ2n) is 5.13. The predicted octanol–water partition coefficient (Wildman–Crippen LogP) is 3.30. The summed E-state index contributed by atoms with van der Waals surface area (Å²) >= 11 is 0. The fraction of sp³-hybridized carbons (Fsp3) is 0.438. The van der Waals surface area contributed by atoms with Crippen molar-refractivity contribution in [3.63, 3.8) is 0 Å². The van der Waals surface area contributed by atoms with Gasteiger partial charge in [0.25, 0.3) is 0 Å². The van der Waals surface area contributed by atoms with E-state index in [-0.39, 0.29) is 6.54 Å². The smallest absolute Gasteiger partial charge is 0.356 e. The topological polar surface area (TPSA) is 27.6 Å². The zero-order valence-electron chi connectivity index (χ0n) is 12.5. The van der Waals surface area contributed by atoms with Crippen LogP contribution in [0, 0.1) is 0 Å². The number of guanidine groups is 1. The van der Waals surface area contributed by atoms with E-state index >= 15 is 0 Å². The molecule has 1 aliphatic rings. The molecule has 0 amide bonds. The molecule has 0 unspecified atom stereocenters. The van der Waals surface area contributed by atoms with E-state index in [2.05, 4.69) is 28.5 Å². The summed E-state index contributed by atoms with van der Waals surface area (Å²) in [6.07, 6.45) is -2.04. The Morgan fingerprint density at radius 2 is 2.00 bits per heavy atom. The van der Waals surface area contributed by atoms with Gasteiger partial charge in [0.1, 0.15) is 0 Å². The van der Waals surface area contributed by atoms with Crippen molar-refractivity contribution in [3.05, 3.63) is 42.0 Å². The SMILES string of the molecule is CN=C(NCCC(F)(F)F)N1CC=C(c2ccccc2)CC1. The largest absolute Gasteiger partial charge is 0.390 e. The Hall–Kier alpha value is -1.98. The molecule has 1 N–H and O–H groups in total. The van der Waals surface area contributed by atoms with E-state index in [0.29, 0.717) is 12.5 Å². The summed E-state index contributed by atoms with van der Waals surface area (Å²) in [6, 6.07) is 10.1. The highest BCUT2D eigenvalue weighted by molar-refractivity contribution is 5.81. The number of aliphatic imine (C=N–C) groups is 1. The standard InChI is InChI=1S/C16H20F3N3/c1-20-15(21-10-9-16(17,18)19)22-11-7-14(8-12-22)13-5-3-2-4-6-13/h2-7H,8-12H2,1H3,(H,20,21). The first-order valence-electron chi connectivity index (χ1n) is 7.26. The molecule has 0 saturated carbocycles. The van der Waals surface area contributed by atoms with Gasteiger partial charge in [0.15, 0.2) is 5.96 Å². The Labute approximate surface area is 128 Å². The number of rotatable bonds is 3. The Bertz CT molecular complexity index is 535. The van der Waals surface area contributed by atoms with Gasteiger partial charge in [-0.25, -0.2) is 0 Å². The van der Waals surface area contributed by atoms with E-state index in [0.717, 1.165) is 13.0 Å². The maximum Gasteiger partial charge on any atom is 0.390 e. The number of alkyl halides is 3. The number of hydrogen-bond donors (Lipinski definition) is 1. The summed E-state index contributed by atoms with van der Waals surface area (Å²) in [6.45, 7) is 1.24. The molecule has 120 valence electrons. The minimum atomic E-state index is -4.14. The Balaban J connectivity index is 1.90. The molecule has 6 heteroatoms. The van der Waals surface area contributed by atoms with E-state index < -0.39 is 12.6 Å². The lowest BCUT2D eigenvalue weighted by Gasteiger charge is -2.30. The number of hydrogen-bond acceptors (Lipinski definition) is 1. The summed E-state index contributed by atoms with van der Waals surface area (Å²) < 4.78 is 36.6. The van der Waals surface area contributed by atoms with E-state index in [1.54, 1.807) is 7.05 Å². The fourth-order valence-electron chi connectivity index (χ4n) is 2.42. The highest BCUT2D eigenvalue weighted by atomic mass is 19.4. The maximum atomic E-state index is 12.2. The predicted molar refractivity (Wildman–Crippen MR) is 82.6 cm³/mol. The summed E-state index contributed by atoms with van der Waals surface area (Å²) in [4.78, 5) is 6.03. The van der Waals surface area contributed by atoms with Crippen molar-refractivity contribution < 1.29 is 13.2 Å². The van der Waals surface area contributed by atoms with Gasteiger partial charge in [0.2, 0.25) is 0 Å². The lowest BCUT2D eigenvalue weighted by Crippen LogP contribution is -2.44. The molecule has 0 fully saturated rings. The van der Waals surface area contributed by atoms with E-state index in [1.807, 2.05) is 23.1 Å². The van der Waals surface area contributed by atoms with Crippen LogP contribution >= 0.6 is 0 Å². The Morgan fingerprint density at radius 3 is 2.55 bits per heavy atom. The van der Waals surface area contributed by atoms with Gasteiger partial charge in [-0.05, 0) is 17.6 Å². The fourth-order valence-corrected chi connectivity index (χ4v) is 2.42. The van der Waals surface area contributed by atoms with E-state index in [9.17, 15) is 13.2 Å². The van der Waals surface area contributed by atoms with E-state index in [4.69, 9.17) is 0 Å². The minimum Gasteiger partial charge on any atom is -0.356 e. The number of halogens is 3. The second kappa shape index (κ2) is 7.33. The van der Waals surface area contributed by atoms with Gasteiger partial charge in [-0.2, -0.15) is 13.2 Å². The van der Waals surface area contributed by atoms with Crippen LogP contribution in [0.2, 0.25) is 0 Å². The van der Waals surface area contributed by atoms with Gasteiger partial charge in [0, 0.05) is 26.7 Å². The first-order chi connectivity index (χ1) is 10.5. The molecule has 2 rings (SSSR count). The third-order valence-corrected chi connectivity index (χ3v) is 3.56. The van der Waals surface area contributed by atoms with Crippen LogP contribution < -0.4 is 5.32 Å². The average molecular weight is 311 g/mol. The van der Waals surface area contributed by atoms with Crippen LogP contribution in [0.1, 0.15) is 18.4 Å². The van der Waals surface area contributed by atoms with E-state index in [1.165, 1.54) is 11.1 Å². The molecule has 0 aliphatic carbocycles. The van der Waals surface area contributed by atoms with Gasteiger partial charge >= 0.3 is 6.18 Å². The van der Waals surface area contributed by atoms with Crippen molar-refractivity contribution >= 4 is 11.5 Å². The maximum absolute atomic E-state index is 12.2. The first-order valence-corrected chi connectivity index (χ1v) is 7.26. The van der Waals surface area contributed by atoms with Crippen LogP contribution in [-0.2, 0) is 0 Å². The van der Waals surface area contributed by atoms with Gasteiger partial charge in [0.05, 0.1) is 6.42 Å². The number of nitrogens with one attached hydrogen (secondary N) is 1. The molecule has 1 aromatic rings. The van der Waals surface area contributed by atoms with Gasteiger partial charge in [-0.15, -0.1) is 0 Å². The highest BCUT2D eigenvalue weighted by Crippen LogP contribution is 2.22. The van der Waals surface area contributed by atoms with Crippen molar-refractivity contribution in [2.75, 3.05) is 26.7 Å². The molecule has 0 spiro atoms. The first kappa shape index (κ1) is 16.4. The summed E-state index contributed by atoms with van der Waals surface area (Å²) in [7, 11) is 1.59. The molecule has 0 bridgehead atoms. The molecule has 0 atom stereocenters. The van der Waals surface area contributed by atoms with Crippen molar-refractivity contribution in [1.82, 2.24) is 10.2 Å². The third kappa shape index (κ3) is 4.79. The molecular formula is C16H20F3N3. The summed E-state index contributed by atoms with van der Waals surface area (Å²) in [5.41, 5.74) is 2.46. The third-order valence-electron chi connectivity index (χ3n) is 3.56. The quantitative estimate of drug-likeness (QED) is 0.685. The van der Waals surface area contributed by atoms with Crippen LogP contribution in [-0.4, -0.2) is 43.7 Å². The highest BCUT2D eigenvalue weighted by Gasteiger charge is 2.26. The average Bonchev–Trinajstić information content (AvgIpc) is 2.52.